The molecule has 0 aliphatic carbocycles. The molecule has 1 aliphatic rings. The fourth-order valence-electron chi connectivity index (χ4n) is 2.92. The Balaban J connectivity index is 1.79. The fraction of sp³-hybridized carbons (Fsp3) is 0.647. The predicted octanol–water partition coefficient (Wildman–Crippen LogP) is 2.23. The molecule has 5 nitrogen and oxygen atoms in total. The Bertz CT molecular complexity index is 532. The highest BCUT2D eigenvalue weighted by Gasteiger charge is 2.23. The minimum atomic E-state index is 0.149. The van der Waals surface area contributed by atoms with Crippen molar-refractivity contribution in [1.82, 2.24) is 15.5 Å². The third-order valence-corrected chi connectivity index (χ3v) is 5.59. The number of carbonyl (C=O) groups is 1. The molecule has 0 saturated carbocycles. The number of aryl methyl sites for hydroxylation is 1. The lowest BCUT2D eigenvalue weighted by Crippen LogP contribution is -2.45. The van der Waals surface area contributed by atoms with Crippen molar-refractivity contribution < 1.29 is 4.79 Å². The molecule has 128 valence electrons. The van der Waals surface area contributed by atoms with E-state index in [2.05, 4.69) is 39.6 Å². The van der Waals surface area contributed by atoms with E-state index in [0.717, 1.165) is 44.9 Å². The summed E-state index contributed by atoms with van der Waals surface area (Å²) in [5.41, 5.74) is 0. The number of carbonyl (C=O) groups excluding carboxylic acids is 1. The van der Waals surface area contributed by atoms with Crippen LogP contribution in [0.5, 0.6) is 0 Å². The van der Waals surface area contributed by atoms with Gasteiger partial charge in [-0.05, 0) is 37.3 Å². The second-order valence-electron chi connectivity index (χ2n) is 5.93. The van der Waals surface area contributed by atoms with Gasteiger partial charge >= 0.3 is 0 Å². The zero-order valence-electron chi connectivity index (χ0n) is 14.4. The SMILES string of the molecule is CCc1ccc(CNC(=NC)N2CCC(CC(=O)NC)CC2)s1. The monoisotopic (exact) mass is 336 g/mol. The molecule has 0 unspecified atom stereocenters. The van der Waals surface area contributed by atoms with Gasteiger partial charge in [0.15, 0.2) is 5.96 Å². The molecule has 6 heteroatoms. The van der Waals surface area contributed by atoms with Crippen LogP contribution >= 0.6 is 11.3 Å². The van der Waals surface area contributed by atoms with Crippen molar-refractivity contribution in [2.45, 2.75) is 39.2 Å². The van der Waals surface area contributed by atoms with E-state index >= 15 is 0 Å². The minimum Gasteiger partial charge on any atom is -0.359 e. The summed E-state index contributed by atoms with van der Waals surface area (Å²) in [7, 11) is 3.54. The van der Waals surface area contributed by atoms with E-state index in [-0.39, 0.29) is 5.91 Å². The molecule has 2 heterocycles. The first-order chi connectivity index (χ1) is 11.2. The van der Waals surface area contributed by atoms with Crippen LogP contribution in [0.15, 0.2) is 17.1 Å². The zero-order valence-corrected chi connectivity index (χ0v) is 15.2. The molecule has 1 aliphatic heterocycles. The summed E-state index contributed by atoms with van der Waals surface area (Å²) < 4.78 is 0. The van der Waals surface area contributed by atoms with Crippen LogP contribution in [0, 0.1) is 5.92 Å². The third kappa shape index (κ3) is 5.23. The Labute approximate surface area is 143 Å². The van der Waals surface area contributed by atoms with E-state index in [4.69, 9.17) is 0 Å². The Morgan fingerprint density at radius 3 is 2.61 bits per heavy atom. The standard InChI is InChI=1S/C17H28N4OS/c1-4-14-5-6-15(23-14)12-20-17(19-3)21-9-7-13(8-10-21)11-16(22)18-2/h5-6,13H,4,7-12H2,1-3H3,(H,18,22)(H,19,20). The highest BCUT2D eigenvalue weighted by molar-refractivity contribution is 7.11. The second-order valence-corrected chi connectivity index (χ2v) is 7.18. The van der Waals surface area contributed by atoms with Gasteiger partial charge in [0.1, 0.15) is 0 Å². The molecule has 2 rings (SSSR count). The van der Waals surface area contributed by atoms with Gasteiger partial charge in [-0.2, -0.15) is 0 Å². The molecule has 0 radical (unpaired) electrons. The number of nitrogens with zero attached hydrogens (tertiary/aromatic N) is 2. The summed E-state index contributed by atoms with van der Waals surface area (Å²) >= 11 is 1.86. The van der Waals surface area contributed by atoms with Gasteiger partial charge in [-0.25, -0.2) is 0 Å². The molecule has 23 heavy (non-hydrogen) atoms. The van der Waals surface area contributed by atoms with Crippen LogP contribution in [-0.2, 0) is 17.8 Å². The highest BCUT2D eigenvalue weighted by atomic mass is 32.1. The van der Waals surface area contributed by atoms with E-state index in [1.807, 2.05) is 18.4 Å². The lowest BCUT2D eigenvalue weighted by molar-refractivity contribution is -0.121. The number of nitrogens with one attached hydrogen (secondary N) is 2. The van der Waals surface area contributed by atoms with Crippen molar-refractivity contribution in [3.8, 4) is 0 Å². The number of thiophene rings is 1. The van der Waals surface area contributed by atoms with Crippen LogP contribution < -0.4 is 10.6 Å². The second kappa shape index (κ2) is 8.91. The number of aliphatic imine (C=N–C) groups is 1. The van der Waals surface area contributed by atoms with Crippen molar-refractivity contribution in [2.75, 3.05) is 27.2 Å². The molecular formula is C17H28N4OS. The first kappa shape index (κ1) is 17.8. The van der Waals surface area contributed by atoms with Crippen LogP contribution in [0.1, 0.15) is 35.9 Å². The maximum atomic E-state index is 11.5. The average molecular weight is 337 g/mol. The summed E-state index contributed by atoms with van der Waals surface area (Å²) in [6.07, 6.45) is 3.84. The quantitative estimate of drug-likeness (QED) is 0.640. The molecule has 1 aromatic heterocycles. The minimum absolute atomic E-state index is 0.149. The van der Waals surface area contributed by atoms with Gasteiger partial charge < -0.3 is 15.5 Å². The topological polar surface area (TPSA) is 56.7 Å². The van der Waals surface area contributed by atoms with Gasteiger partial charge in [0, 0.05) is 43.4 Å². The molecule has 1 aromatic rings. The predicted molar refractivity (Wildman–Crippen MR) is 96.9 cm³/mol. The first-order valence-electron chi connectivity index (χ1n) is 8.40. The van der Waals surface area contributed by atoms with Gasteiger partial charge in [0.05, 0.1) is 6.54 Å². The Morgan fingerprint density at radius 1 is 1.35 bits per heavy atom. The van der Waals surface area contributed by atoms with Gasteiger partial charge in [-0.3, -0.25) is 9.79 Å². The number of rotatable bonds is 5. The summed E-state index contributed by atoms with van der Waals surface area (Å²) in [6, 6.07) is 4.40. The molecule has 0 atom stereocenters. The van der Waals surface area contributed by atoms with Gasteiger partial charge in [-0.15, -0.1) is 11.3 Å². The number of guanidine groups is 1. The number of hydrogen-bond acceptors (Lipinski definition) is 3. The summed E-state index contributed by atoms with van der Waals surface area (Å²) in [6.45, 7) is 4.94. The number of likely N-dealkylation sites (tertiary alicyclic amines) is 1. The zero-order chi connectivity index (χ0) is 16.7. The Morgan fingerprint density at radius 2 is 2.04 bits per heavy atom. The Kier molecular flexibility index (Phi) is 6.89. The molecule has 1 saturated heterocycles. The van der Waals surface area contributed by atoms with Gasteiger partial charge in [0.2, 0.25) is 5.91 Å². The van der Waals surface area contributed by atoms with Crippen LogP contribution in [0.4, 0.5) is 0 Å². The molecule has 0 bridgehead atoms. The number of hydrogen-bond donors (Lipinski definition) is 2. The van der Waals surface area contributed by atoms with Crippen molar-refractivity contribution in [3.63, 3.8) is 0 Å². The first-order valence-corrected chi connectivity index (χ1v) is 9.21. The smallest absolute Gasteiger partial charge is 0.220 e. The summed E-state index contributed by atoms with van der Waals surface area (Å²) in [5.74, 6) is 1.61. The molecular weight excluding hydrogens is 308 g/mol. The number of amides is 1. The molecule has 1 fully saturated rings. The van der Waals surface area contributed by atoms with E-state index in [1.165, 1.54) is 9.75 Å². The van der Waals surface area contributed by atoms with Gasteiger partial charge in [-0.1, -0.05) is 6.92 Å². The third-order valence-electron chi connectivity index (χ3n) is 4.37. The lowest BCUT2D eigenvalue weighted by Gasteiger charge is -2.34. The molecule has 2 N–H and O–H groups in total. The number of piperidine rings is 1. The average Bonchev–Trinajstić information content (AvgIpc) is 3.04. The highest BCUT2D eigenvalue weighted by Crippen LogP contribution is 2.21. The summed E-state index contributed by atoms with van der Waals surface area (Å²) in [4.78, 5) is 21.0. The van der Waals surface area contributed by atoms with Crippen LogP contribution in [0.2, 0.25) is 0 Å². The van der Waals surface area contributed by atoms with Crippen molar-refractivity contribution >= 4 is 23.2 Å². The van der Waals surface area contributed by atoms with Crippen molar-refractivity contribution in [3.05, 3.63) is 21.9 Å². The maximum Gasteiger partial charge on any atom is 0.220 e. The van der Waals surface area contributed by atoms with E-state index in [0.29, 0.717) is 12.3 Å². The van der Waals surface area contributed by atoms with Crippen molar-refractivity contribution in [1.29, 1.82) is 0 Å². The van der Waals surface area contributed by atoms with Crippen LogP contribution in [0.25, 0.3) is 0 Å². The van der Waals surface area contributed by atoms with E-state index < -0.39 is 0 Å². The van der Waals surface area contributed by atoms with E-state index in [9.17, 15) is 4.79 Å². The van der Waals surface area contributed by atoms with Crippen LogP contribution in [-0.4, -0.2) is 44.0 Å². The maximum absolute atomic E-state index is 11.5. The largest absolute Gasteiger partial charge is 0.359 e. The fourth-order valence-corrected chi connectivity index (χ4v) is 3.82. The van der Waals surface area contributed by atoms with Gasteiger partial charge in [0.25, 0.3) is 0 Å². The molecule has 1 amide bonds. The molecule has 0 spiro atoms. The molecule has 0 aromatic carbocycles. The summed E-state index contributed by atoms with van der Waals surface area (Å²) in [5, 5.41) is 6.18. The normalized spacial score (nSPS) is 16.5. The Hall–Kier alpha value is -1.56. The lowest BCUT2D eigenvalue weighted by atomic mass is 9.93. The van der Waals surface area contributed by atoms with Crippen molar-refractivity contribution in [2.24, 2.45) is 10.9 Å². The van der Waals surface area contributed by atoms with Crippen LogP contribution in [0.3, 0.4) is 0 Å². The van der Waals surface area contributed by atoms with E-state index in [1.54, 1.807) is 7.05 Å².